The Morgan fingerprint density at radius 2 is 0.673 bits per heavy atom. The Balaban J connectivity index is 1.11. The molecule has 0 spiro atoms. The molecule has 10 rings (SSSR count). The molecule has 1 aliphatic carbocycles. The number of hydrogen-bond acceptors (Lipinski definition) is 2. The van der Waals surface area contributed by atoms with Crippen molar-refractivity contribution < 1.29 is 0 Å². The minimum atomic E-state index is -0.456. The normalized spacial score (nSPS) is 12.5. The van der Waals surface area contributed by atoms with E-state index >= 15 is 0 Å². The van der Waals surface area contributed by atoms with Crippen molar-refractivity contribution in [1.82, 2.24) is 9.97 Å². The van der Waals surface area contributed by atoms with E-state index < -0.39 is 5.41 Å². The van der Waals surface area contributed by atoms with E-state index in [1.807, 2.05) is 18.2 Å². The van der Waals surface area contributed by atoms with Gasteiger partial charge in [0.05, 0.1) is 16.8 Å². The molecule has 55 heavy (non-hydrogen) atoms. The quantitative estimate of drug-likeness (QED) is 0.165. The molecule has 258 valence electrons. The van der Waals surface area contributed by atoms with E-state index in [9.17, 15) is 0 Å². The van der Waals surface area contributed by atoms with Gasteiger partial charge in [0.15, 0.2) is 5.82 Å². The summed E-state index contributed by atoms with van der Waals surface area (Å²) in [5.74, 6) is 0.703. The lowest BCUT2D eigenvalue weighted by Gasteiger charge is -2.34. The van der Waals surface area contributed by atoms with Crippen LogP contribution >= 0.6 is 0 Å². The van der Waals surface area contributed by atoms with Crippen molar-refractivity contribution in [3.63, 3.8) is 0 Å². The van der Waals surface area contributed by atoms with Crippen LogP contribution in [0.3, 0.4) is 0 Å². The van der Waals surface area contributed by atoms with Gasteiger partial charge < -0.3 is 0 Å². The molecule has 0 saturated carbocycles. The lowest BCUT2D eigenvalue weighted by Crippen LogP contribution is -2.28. The summed E-state index contributed by atoms with van der Waals surface area (Å²) < 4.78 is 0. The highest BCUT2D eigenvalue weighted by atomic mass is 14.9. The minimum absolute atomic E-state index is 0.456. The second kappa shape index (κ2) is 13.7. The van der Waals surface area contributed by atoms with Crippen LogP contribution in [0.25, 0.3) is 67.3 Å². The van der Waals surface area contributed by atoms with Crippen LogP contribution in [-0.2, 0) is 5.41 Å². The Morgan fingerprint density at radius 3 is 1.25 bits per heavy atom. The average molecular weight is 701 g/mol. The van der Waals surface area contributed by atoms with Gasteiger partial charge >= 0.3 is 0 Å². The molecular weight excluding hydrogens is 665 g/mol. The van der Waals surface area contributed by atoms with Gasteiger partial charge in [0.25, 0.3) is 0 Å². The number of benzene rings is 8. The SMILES string of the molecule is c1ccc(-c2cccc(-c3cc(-c4cccc(-c5cccc(C6(c7ccccc7)c7ccccc7-c7ccccc76)c5)c4)nc(-c4ccccc4)n3)c2)cc1. The molecular formula is C53H36N2. The lowest BCUT2D eigenvalue weighted by atomic mass is 9.67. The smallest absolute Gasteiger partial charge is 0.160 e. The van der Waals surface area contributed by atoms with Gasteiger partial charge in [-0.25, -0.2) is 9.97 Å². The van der Waals surface area contributed by atoms with E-state index in [1.165, 1.54) is 38.9 Å². The molecule has 0 saturated heterocycles. The van der Waals surface area contributed by atoms with Gasteiger partial charge in [0, 0.05) is 16.7 Å². The predicted octanol–water partition coefficient (Wildman–Crippen LogP) is 13.2. The highest BCUT2D eigenvalue weighted by Crippen LogP contribution is 2.56. The predicted molar refractivity (Wildman–Crippen MR) is 227 cm³/mol. The number of fused-ring (bicyclic) bond motifs is 3. The number of rotatable bonds is 7. The Hall–Kier alpha value is -7.16. The summed E-state index contributed by atoms with van der Waals surface area (Å²) in [4.78, 5) is 10.3. The first-order chi connectivity index (χ1) is 27.3. The maximum atomic E-state index is 5.18. The van der Waals surface area contributed by atoms with Gasteiger partial charge in [0.2, 0.25) is 0 Å². The lowest BCUT2D eigenvalue weighted by molar-refractivity contribution is 0.769. The summed E-state index contributed by atoms with van der Waals surface area (Å²) >= 11 is 0. The van der Waals surface area contributed by atoms with E-state index in [4.69, 9.17) is 9.97 Å². The zero-order valence-electron chi connectivity index (χ0n) is 30.2. The summed E-state index contributed by atoms with van der Waals surface area (Å²) in [7, 11) is 0. The molecule has 0 aliphatic heterocycles. The van der Waals surface area contributed by atoms with Crippen LogP contribution in [0.15, 0.2) is 218 Å². The molecule has 0 unspecified atom stereocenters. The molecule has 1 aliphatic rings. The summed E-state index contributed by atoms with van der Waals surface area (Å²) in [6.45, 7) is 0. The molecule has 0 N–H and O–H groups in total. The topological polar surface area (TPSA) is 25.8 Å². The van der Waals surface area contributed by atoms with Gasteiger partial charge in [-0.2, -0.15) is 0 Å². The Labute approximate surface area is 322 Å². The van der Waals surface area contributed by atoms with Gasteiger partial charge in [-0.05, 0) is 79.9 Å². The molecule has 8 aromatic carbocycles. The van der Waals surface area contributed by atoms with Gasteiger partial charge in [-0.1, -0.05) is 194 Å². The molecule has 0 amide bonds. The summed E-state index contributed by atoms with van der Waals surface area (Å²) in [5, 5.41) is 0. The third-order valence-electron chi connectivity index (χ3n) is 11.0. The summed E-state index contributed by atoms with van der Waals surface area (Å²) in [6.07, 6.45) is 0. The number of hydrogen-bond donors (Lipinski definition) is 0. The third-order valence-corrected chi connectivity index (χ3v) is 11.0. The number of aromatic nitrogens is 2. The molecule has 0 fully saturated rings. The molecule has 0 bridgehead atoms. The van der Waals surface area contributed by atoms with Crippen LogP contribution < -0.4 is 0 Å². The standard InChI is InChI=1S/C53H36N2/c1-4-17-37(18-5-1)39-21-14-24-42(33-39)50-36-51(55-52(54-50)38-19-6-2-7-20-38)43-25-15-22-40(34-43)41-23-16-28-45(35-41)53(44-26-8-3-9-27-44)48-31-12-10-29-46(48)47-30-11-13-32-49(47)53/h1-36H. The first-order valence-corrected chi connectivity index (χ1v) is 18.8. The first kappa shape index (κ1) is 32.5. The van der Waals surface area contributed by atoms with Crippen molar-refractivity contribution in [1.29, 1.82) is 0 Å². The second-order valence-electron chi connectivity index (χ2n) is 14.1. The maximum absolute atomic E-state index is 5.18. The maximum Gasteiger partial charge on any atom is 0.160 e. The highest BCUT2D eigenvalue weighted by Gasteiger charge is 2.45. The van der Waals surface area contributed by atoms with Crippen LogP contribution in [0.5, 0.6) is 0 Å². The van der Waals surface area contributed by atoms with Crippen molar-refractivity contribution in [2.45, 2.75) is 5.41 Å². The molecule has 9 aromatic rings. The minimum Gasteiger partial charge on any atom is -0.228 e. The van der Waals surface area contributed by atoms with Crippen molar-refractivity contribution >= 4 is 0 Å². The van der Waals surface area contributed by atoms with Crippen molar-refractivity contribution in [3.05, 3.63) is 241 Å². The van der Waals surface area contributed by atoms with Crippen LogP contribution in [0.1, 0.15) is 22.3 Å². The van der Waals surface area contributed by atoms with E-state index in [-0.39, 0.29) is 0 Å². The Bertz CT molecular complexity index is 2760. The zero-order valence-corrected chi connectivity index (χ0v) is 30.2. The Morgan fingerprint density at radius 1 is 0.273 bits per heavy atom. The van der Waals surface area contributed by atoms with Gasteiger partial charge in [0.1, 0.15) is 0 Å². The fourth-order valence-electron chi connectivity index (χ4n) is 8.45. The first-order valence-electron chi connectivity index (χ1n) is 18.8. The van der Waals surface area contributed by atoms with Gasteiger partial charge in [-0.15, -0.1) is 0 Å². The van der Waals surface area contributed by atoms with Crippen LogP contribution in [0, 0.1) is 0 Å². The van der Waals surface area contributed by atoms with Crippen LogP contribution in [-0.4, -0.2) is 9.97 Å². The monoisotopic (exact) mass is 700 g/mol. The molecule has 2 nitrogen and oxygen atoms in total. The van der Waals surface area contributed by atoms with E-state index in [0.717, 1.165) is 44.8 Å². The number of nitrogens with zero attached hydrogens (tertiary/aromatic N) is 2. The average Bonchev–Trinajstić information content (AvgIpc) is 3.58. The summed E-state index contributed by atoms with van der Waals surface area (Å²) in [6, 6.07) is 78.2. The zero-order chi connectivity index (χ0) is 36.6. The van der Waals surface area contributed by atoms with Crippen molar-refractivity contribution in [3.8, 4) is 67.3 Å². The van der Waals surface area contributed by atoms with Gasteiger partial charge in [-0.3, -0.25) is 0 Å². The van der Waals surface area contributed by atoms with Crippen molar-refractivity contribution in [2.24, 2.45) is 0 Å². The Kier molecular flexibility index (Phi) is 8.08. The largest absolute Gasteiger partial charge is 0.228 e. The van der Waals surface area contributed by atoms with Crippen molar-refractivity contribution in [2.75, 3.05) is 0 Å². The molecule has 0 radical (unpaired) electrons. The molecule has 1 heterocycles. The van der Waals surface area contributed by atoms with E-state index in [1.54, 1.807) is 0 Å². The van der Waals surface area contributed by atoms with Crippen LogP contribution in [0.2, 0.25) is 0 Å². The fraction of sp³-hybridized carbons (Fsp3) is 0.0189. The summed E-state index contributed by atoms with van der Waals surface area (Å²) in [5.41, 5.74) is 16.7. The fourth-order valence-corrected chi connectivity index (χ4v) is 8.45. The second-order valence-corrected chi connectivity index (χ2v) is 14.1. The van der Waals surface area contributed by atoms with E-state index in [2.05, 4.69) is 200 Å². The van der Waals surface area contributed by atoms with Crippen LogP contribution in [0.4, 0.5) is 0 Å². The van der Waals surface area contributed by atoms with E-state index in [0.29, 0.717) is 5.82 Å². The third kappa shape index (κ3) is 5.67. The molecule has 2 heteroatoms. The molecule has 1 aromatic heterocycles. The molecule has 0 atom stereocenters. The highest BCUT2D eigenvalue weighted by molar-refractivity contribution is 5.87.